The summed E-state index contributed by atoms with van der Waals surface area (Å²) < 4.78 is 2.09. The fourth-order valence-electron chi connectivity index (χ4n) is 3.71. The van der Waals surface area contributed by atoms with E-state index in [9.17, 15) is 19.8 Å². The fraction of sp³-hybridized carbons (Fsp3) is 0.500. The molecule has 3 atom stereocenters. The molecule has 0 aromatic carbocycles. The molecule has 0 aliphatic carbocycles. The van der Waals surface area contributed by atoms with Crippen LogP contribution in [0, 0.1) is 19.8 Å². The number of aliphatic hydroxyl groups excluding tert-OH is 1. The van der Waals surface area contributed by atoms with E-state index in [1.807, 2.05) is 20.9 Å². The summed E-state index contributed by atoms with van der Waals surface area (Å²) in [4.78, 5) is 26.0. The Balaban J connectivity index is 1.83. The van der Waals surface area contributed by atoms with Gasteiger partial charge in [0.1, 0.15) is 12.7 Å². The summed E-state index contributed by atoms with van der Waals surface area (Å²) in [5.41, 5.74) is 3.50. The first kappa shape index (κ1) is 17.9. The van der Waals surface area contributed by atoms with Gasteiger partial charge in [0.2, 0.25) is 5.91 Å². The molecule has 3 heterocycles. The molecule has 1 aromatic heterocycles. The van der Waals surface area contributed by atoms with Crippen LogP contribution in [0.5, 0.6) is 0 Å². The van der Waals surface area contributed by atoms with Crippen molar-refractivity contribution in [1.82, 2.24) is 4.90 Å². The predicted molar refractivity (Wildman–Crippen MR) is 93.5 cm³/mol. The molecular formula is C18H23N2O4S+. The van der Waals surface area contributed by atoms with E-state index in [0.717, 1.165) is 11.4 Å². The van der Waals surface area contributed by atoms with Crippen LogP contribution in [0.25, 0.3) is 0 Å². The van der Waals surface area contributed by atoms with Crippen LogP contribution in [0.15, 0.2) is 22.7 Å². The molecule has 3 rings (SSSR count). The highest BCUT2D eigenvalue weighted by Gasteiger charge is 2.56. The van der Waals surface area contributed by atoms with Crippen LogP contribution in [0.4, 0.5) is 0 Å². The number of hydrogen-bond donors (Lipinski definition) is 2. The molecule has 7 heteroatoms. The van der Waals surface area contributed by atoms with Crippen molar-refractivity contribution < 1.29 is 24.4 Å². The highest BCUT2D eigenvalue weighted by atomic mass is 32.2. The summed E-state index contributed by atoms with van der Waals surface area (Å²) in [5.74, 6) is -1.22. The number of aromatic nitrogens is 1. The second-order valence-corrected chi connectivity index (χ2v) is 7.91. The Labute approximate surface area is 151 Å². The normalized spacial score (nSPS) is 23.6. The topological polar surface area (TPSA) is 81.7 Å². The van der Waals surface area contributed by atoms with Gasteiger partial charge in [0, 0.05) is 30.4 Å². The zero-order chi connectivity index (χ0) is 18.5. The SMILES string of the molecule is Cc1cc(C)[n+](C)c(CSC2=C(C(=O)O)N3C(=O)C([C@@H](C)O)C3C2)c1. The van der Waals surface area contributed by atoms with Gasteiger partial charge in [-0.3, -0.25) is 4.79 Å². The maximum Gasteiger partial charge on any atom is 0.353 e. The lowest BCUT2D eigenvalue weighted by molar-refractivity contribution is -0.684. The number of fused-ring (bicyclic) bond motifs is 1. The third-order valence-electron chi connectivity index (χ3n) is 5.08. The molecule has 0 radical (unpaired) electrons. The van der Waals surface area contributed by atoms with E-state index in [4.69, 9.17) is 0 Å². The van der Waals surface area contributed by atoms with E-state index in [-0.39, 0.29) is 17.6 Å². The molecule has 2 unspecified atom stereocenters. The molecule has 2 aliphatic rings. The largest absolute Gasteiger partial charge is 0.477 e. The number of carbonyl (C=O) groups is 2. The summed E-state index contributed by atoms with van der Waals surface area (Å²) in [6.45, 7) is 5.66. The van der Waals surface area contributed by atoms with E-state index in [0.29, 0.717) is 17.1 Å². The van der Waals surface area contributed by atoms with E-state index in [1.165, 1.54) is 22.2 Å². The van der Waals surface area contributed by atoms with Crippen LogP contribution < -0.4 is 4.57 Å². The van der Waals surface area contributed by atoms with E-state index in [1.54, 1.807) is 6.92 Å². The van der Waals surface area contributed by atoms with Crippen LogP contribution in [0.2, 0.25) is 0 Å². The molecule has 6 nitrogen and oxygen atoms in total. The molecule has 134 valence electrons. The molecule has 0 spiro atoms. The van der Waals surface area contributed by atoms with E-state index >= 15 is 0 Å². The van der Waals surface area contributed by atoms with Crippen LogP contribution >= 0.6 is 11.8 Å². The van der Waals surface area contributed by atoms with Crippen molar-refractivity contribution in [2.45, 2.75) is 45.1 Å². The number of nitrogens with zero attached hydrogens (tertiary/aromatic N) is 2. The lowest BCUT2D eigenvalue weighted by Gasteiger charge is -2.44. The van der Waals surface area contributed by atoms with Gasteiger partial charge in [0.25, 0.3) is 0 Å². The molecule has 2 N–H and O–H groups in total. The Morgan fingerprint density at radius 2 is 2.12 bits per heavy atom. The van der Waals surface area contributed by atoms with Crippen molar-refractivity contribution >= 4 is 23.6 Å². The minimum absolute atomic E-state index is 0.0870. The zero-order valence-electron chi connectivity index (χ0n) is 14.8. The molecule has 2 aliphatic heterocycles. The minimum atomic E-state index is -1.08. The van der Waals surface area contributed by atoms with Crippen molar-refractivity contribution in [1.29, 1.82) is 0 Å². The number of carbonyl (C=O) groups excluding carboxylic acids is 1. The van der Waals surface area contributed by atoms with E-state index in [2.05, 4.69) is 16.7 Å². The predicted octanol–water partition coefficient (Wildman–Crippen LogP) is 1.27. The van der Waals surface area contributed by atoms with Crippen LogP contribution in [-0.2, 0) is 22.4 Å². The van der Waals surface area contributed by atoms with Crippen molar-refractivity contribution in [2.24, 2.45) is 13.0 Å². The standard InChI is InChI=1S/C18H22N2O4S/c1-9-5-10(2)19(4)12(6-9)8-25-14-7-13-15(11(3)21)17(22)20(13)16(14)18(23)24/h5-6,11,13,15,21H,7-8H2,1-4H3/p+1/t11-,13?,15?/m1/s1. The average molecular weight is 363 g/mol. The van der Waals surface area contributed by atoms with Gasteiger partial charge in [-0.25, -0.2) is 9.36 Å². The van der Waals surface area contributed by atoms with Crippen molar-refractivity contribution in [3.05, 3.63) is 39.7 Å². The van der Waals surface area contributed by atoms with Crippen LogP contribution in [-0.4, -0.2) is 39.1 Å². The number of hydrogen-bond acceptors (Lipinski definition) is 4. The van der Waals surface area contributed by atoms with Crippen LogP contribution in [0.3, 0.4) is 0 Å². The van der Waals surface area contributed by atoms with Crippen molar-refractivity contribution in [3.8, 4) is 0 Å². The number of rotatable bonds is 5. The highest BCUT2D eigenvalue weighted by molar-refractivity contribution is 8.02. The van der Waals surface area contributed by atoms with Gasteiger partial charge in [0.05, 0.1) is 23.8 Å². The first-order valence-corrected chi connectivity index (χ1v) is 9.27. The number of thioether (sulfide) groups is 1. The Morgan fingerprint density at radius 3 is 2.72 bits per heavy atom. The summed E-state index contributed by atoms with van der Waals surface area (Å²) in [6, 6.07) is 3.96. The lowest BCUT2D eigenvalue weighted by Crippen LogP contribution is -2.61. The van der Waals surface area contributed by atoms with Crippen LogP contribution in [0.1, 0.15) is 30.3 Å². The van der Waals surface area contributed by atoms with Gasteiger partial charge in [-0.15, -0.1) is 11.8 Å². The Morgan fingerprint density at radius 1 is 1.44 bits per heavy atom. The number of aliphatic carboxylic acids is 1. The summed E-state index contributed by atoms with van der Waals surface area (Å²) >= 11 is 1.47. The van der Waals surface area contributed by atoms with Crippen molar-refractivity contribution in [3.63, 3.8) is 0 Å². The van der Waals surface area contributed by atoms with Gasteiger partial charge < -0.3 is 15.1 Å². The number of amides is 1. The number of aliphatic hydroxyl groups is 1. The smallest absolute Gasteiger partial charge is 0.353 e. The quantitative estimate of drug-likeness (QED) is 0.608. The number of aryl methyl sites for hydroxylation is 2. The molecule has 0 bridgehead atoms. The van der Waals surface area contributed by atoms with Gasteiger partial charge in [-0.2, -0.15) is 0 Å². The third kappa shape index (κ3) is 2.95. The Bertz CT molecular complexity index is 788. The average Bonchev–Trinajstić information content (AvgIpc) is 2.83. The van der Waals surface area contributed by atoms with Gasteiger partial charge >= 0.3 is 5.97 Å². The molecule has 25 heavy (non-hydrogen) atoms. The molecule has 0 saturated carbocycles. The molecule has 1 amide bonds. The first-order chi connectivity index (χ1) is 11.7. The number of pyridine rings is 1. The maximum absolute atomic E-state index is 12.2. The summed E-state index contributed by atoms with van der Waals surface area (Å²) in [5, 5.41) is 19.3. The second kappa shape index (κ2) is 6.46. The summed E-state index contributed by atoms with van der Waals surface area (Å²) in [7, 11) is 1.99. The first-order valence-electron chi connectivity index (χ1n) is 8.29. The molecular weight excluding hydrogens is 340 g/mol. The monoisotopic (exact) mass is 363 g/mol. The summed E-state index contributed by atoms with van der Waals surface area (Å²) in [6.07, 6.45) is -0.257. The minimum Gasteiger partial charge on any atom is -0.477 e. The second-order valence-electron chi connectivity index (χ2n) is 6.84. The zero-order valence-corrected chi connectivity index (χ0v) is 15.6. The van der Waals surface area contributed by atoms with Crippen molar-refractivity contribution in [2.75, 3.05) is 0 Å². The van der Waals surface area contributed by atoms with Gasteiger partial charge in [-0.1, -0.05) is 0 Å². The molecule has 1 fully saturated rings. The maximum atomic E-state index is 12.2. The molecule has 1 saturated heterocycles. The van der Waals surface area contributed by atoms with E-state index < -0.39 is 18.0 Å². The third-order valence-corrected chi connectivity index (χ3v) is 6.22. The number of carboxylic acids is 1. The fourth-order valence-corrected chi connectivity index (χ4v) is 4.92. The molecule has 1 aromatic rings. The number of carboxylic acid groups (broad SMARTS) is 1. The Kier molecular flexibility index (Phi) is 4.64. The Hall–Kier alpha value is -1.86. The van der Waals surface area contributed by atoms with Gasteiger partial charge in [0.15, 0.2) is 11.4 Å². The van der Waals surface area contributed by atoms with Gasteiger partial charge in [-0.05, 0) is 19.4 Å². The highest BCUT2D eigenvalue weighted by Crippen LogP contribution is 2.47. The lowest BCUT2D eigenvalue weighted by atomic mass is 9.83. The number of β-lactam (4-membered cyclic amide) rings is 1.